The van der Waals surface area contributed by atoms with E-state index in [1.54, 1.807) is 23.1 Å². The number of nitrogens with one attached hydrogen (secondary N) is 1. The molecule has 0 aliphatic carbocycles. The van der Waals surface area contributed by atoms with Gasteiger partial charge < -0.3 is 5.32 Å². The number of carbonyl (C=O) groups is 1. The van der Waals surface area contributed by atoms with Crippen LogP contribution in [0.4, 0.5) is 0 Å². The van der Waals surface area contributed by atoms with Crippen molar-refractivity contribution in [1.82, 2.24) is 15.5 Å². The van der Waals surface area contributed by atoms with Crippen molar-refractivity contribution in [1.29, 1.82) is 0 Å². The molecule has 148 valence electrons. The van der Waals surface area contributed by atoms with Crippen LogP contribution in [0.3, 0.4) is 0 Å². The number of aromatic nitrogens is 2. The molecule has 27 heavy (non-hydrogen) atoms. The van der Waals surface area contributed by atoms with Crippen LogP contribution in [0.1, 0.15) is 56.4 Å². The van der Waals surface area contributed by atoms with Crippen LogP contribution in [0.2, 0.25) is 0 Å². The summed E-state index contributed by atoms with van der Waals surface area (Å²) in [6, 6.07) is 4.61. The molecule has 1 heterocycles. The van der Waals surface area contributed by atoms with Gasteiger partial charge >= 0.3 is 0 Å². The van der Waals surface area contributed by atoms with Crippen LogP contribution in [-0.4, -0.2) is 28.4 Å². The Balaban J connectivity index is 1.94. The van der Waals surface area contributed by atoms with E-state index in [4.69, 9.17) is 0 Å². The minimum absolute atomic E-state index is 0.0523. The molecular formula is C20H29N3OS3. The smallest absolute Gasteiger partial charge is 0.230 e. The number of thioether (sulfide) groups is 2. The van der Waals surface area contributed by atoms with Crippen LogP contribution in [-0.2, 0) is 16.0 Å². The Hall–Kier alpha value is -1.05. The van der Waals surface area contributed by atoms with E-state index in [9.17, 15) is 4.79 Å². The minimum Gasteiger partial charge on any atom is -0.355 e. The van der Waals surface area contributed by atoms with Crippen molar-refractivity contribution in [3.05, 3.63) is 34.4 Å². The van der Waals surface area contributed by atoms with Gasteiger partial charge in [-0.25, -0.2) is 0 Å². The van der Waals surface area contributed by atoms with E-state index < -0.39 is 0 Å². The summed E-state index contributed by atoms with van der Waals surface area (Å²) < 4.78 is 1.80. The Morgan fingerprint density at radius 2 is 1.70 bits per heavy atom. The van der Waals surface area contributed by atoms with Crippen LogP contribution in [0, 0.1) is 13.8 Å². The lowest BCUT2D eigenvalue weighted by molar-refractivity contribution is -0.118. The van der Waals surface area contributed by atoms with E-state index in [0.29, 0.717) is 5.75 Å². The van der Waals surface area contributed by atoms with E-state index >= 15 is 0 Å². The van der Waals surface area contributed by atoms with E-state index in [1.807, 2.05) is 6.92 Å². The summed E-state index contributed by atoms with van der Waals surface area (Å²) >= 11 is 4.73. The standard InChI is InChI=1S/C20H29N3OS3/c1-7-8-21-17(24)12-26-19-23-22-18(27-19)25-11-16-13(2)9-15(10-14(16)3)20(4,5)6/h9-10H,7-8,11-12H2,1-6H3,(H,21,24). The lowest BCUT2D eigenvalue weighted by atomic mass is 9.84. The molecule has 1 aromatic carbocycles. The Bertz CT molecular complexity index is 758. The average Bonchev–Trinajstić information content (AvgIpc) is 3.04. The first-order valence-electron chi connectivity index (χ1n) is 9.17. The molecule has 0 atom stereocenters. The van der Waals surface area contributed by atoms with Crippen molar-refractivity contribution in [3.8, 4) is 0 Å². The second-order valence-electron chi connectivity index (χ2n) is 7.60. The normalized spacial score (nSPS) is 11.6. The van der Waals surface area contributed by atoms with E-state index in [1.165, 1.54) is 34.0 Å². The SMILES string of the molecule is CCCNC(=O)CSc1nnc(SCc2c(C)cc(C(C)(C)C)cc2C)s1. The molecular weight excluding hydrogens is 394 g/mol. The maximum atomic E-state index is 11.7. The number of hydrogen-bond acceptors (Lipinski definition) is 6. The van der Waals surface area contributed by atoms with Gasteiger partial charge in [-0.05, 0) is 47.9 Å². The topological polar surface area (TPSA) is 54.9 Å². The number of nitrogens with zero attached hydrogens (tertiary/aromatic N) is 2. The number of rotatable bonds is 8. The molecule has 1 N–H and O–H groups in total. The lowest BCUT2D eigenvalue weighted by Gasteiger charge is -2.22. The molecule has 0 spiro atoms. The summed E-state index contributed by atoms with van der Waals surface area (Å²) in [5.74, 6) is 1.33. The number of benzene rings is 1. The van der Waals surface area contributed by atoms with Gasteiger partial charge in [-0.2, -0.15) is 0 Å². The van der Waals surface area contributed by atoms with Gasteiger partial charge in [0.2, 0.25) is 5.91 Å². The Labute approximate surface area is 175 Å². The maximum absolute atomic E-state index is 11.7. The Morgan fingerprint density at radius 3 is 2.26 bits per heavy atom. The summed E-state index contributed by atoms with van der Waals surface area (Å²) in [5.41, 5.74) is 5.58. The highest BCUT2D eigenvalue weighted by Crippen LogP contribution is 2.33. The predicted octanol–water partition coefficient (Wildman–Crippen LogP) is 5.36. The minimum atomic E-state index is 0.0523. The third-order valence-corrected chi connectivity index (χ3v) is 7.41. The molecule has 2 aromatic rings. The number of hydrogen-bond donors (Lipinski definition) is 1. The van der Waals surface area contributed by atoms with E-state index in [-0.39, 0.29) is 11.3 Å². The molecule has 1 aromatic heterocycles. The Kier molecular flexibility index (Phi) is 8.19. The van der Waals surface area contributed by atoms with Crippen molar-refractivity contribution in [2.75, 3.05) is 12.3 Å². The van der Waals surface area contributed by atoms with Gasteiger partial charge in [0.15, 0.2) is 8.68 Å². The van der Waals surface area contributed by atoms with Crippen molar-refractivity contribution in [3.63, 3.8) is 0 Å². The largest absolute Gasteiger partial charge is 0.355 e. The highest BCUT2D eigenvalue weighted by molar-refractivity contribution is 8.03. The summed E-state index contributed by atoms with van der Waals surface area (Å²) in [6.07, 6.45) is 0.950. The second-order valence-corrected chi connectivity index (χ2v) is 11.0. The van der Waals surface area contributed by atoms with Crippen molar-refractivity contribution in [2.45, 2.75) is 67.8 Å². The van der Waals surface area contributed by atoms with Gasteiger partial charge in [0.05, 0.1) is 5.75 Å². The van der Waals surface area contributed by atoms with Crippen molar-refractivity contribution >= 4 is 40.8 Å². The summed E-state index contributed by atoms with van der Waals surface area (Å²) in [6.45, 7) is 13.9. The van der Waals surface area contributed by atoms with Gasteiger partial charge in [0, 0.05) is 12.3 Å². The first-order chi connectivity index (χ1) is 12.7. The number of carbonyl (C=O) groups excluding carboxylic acids is 1. The van der Waals surface area contributed by atoms with Crippen LogP contribution in [0.5, 0.6) is 0 Å². The summed E-state index contributed by atoms with van der Waals surface area (Å²) in [4.78, 5) is 11.7. The average molecular weight is 424 g/mol. The molecule has 0 aliphatic rings. The van der Waals surface area contributed by atoms with Crippen molar-refractivity contribution < 1.29 is 4.79 Å². The first-order valence-corrected chi connectivity index (χ1v) is 12.0. The fraction of sp³-hybridized carbons (Fsp3) is 0.550. The van der Waals surface area contributed by atoms with Crippen molar-refractivity contribution in [2.24, 2.45) is 0 Å². The summed E-state index contributed by atoms with van der Waals surface area (Å²) in [7, 11) is 0. The zero-order valence-corrected chi connectivity index (χ0v) is 19.5. The molecule has 0 saturated heterocycles. The van der Waals surface area contributed by atoms with Crippen LogP contribution in [0.15, 0.2) is 20.8 Å². The number of aryl methyl sites for hydroxylation is 2. The molecule has 0 aliphatic heterocycles. The molecule has 0 unspecified atom stereocenters. The highest BCUT2D eigenvalue weighted by Gasteiger charge is 2.17. The number of amides is 1. The third-order valence-electron chi connectivity index (χ3n) is 4.19. The first kappa shape index (κ1) is 22.2. The van der Waals surface area contributed by atoms with E-state index in [0.717, 1.165) is 27.4 Å². The van der Waals surface area contributed by atoms with Gasteiger partial charge in [0.25, 0.3) is 0 Å². The molecule has 7 heteroatoms. The molecule has 1 amide bonds. The third kappa shape index (κ3) is 6.80. The van der Waals surface area contributed by atoms with E-state index in [2.05, 4.69) is 62.3 Å². The predicted molar refractivity (Wildman–Crippen MR) is 118 cm³/mol. The monoisotopic (exact) mass is 423 g/mol. The quantitative estimate of drug-likeness (QED) is 0.579. The van der Waals surface area contributed by atoms with Gasteiger partial charge in [-0.15, -0.1) is 10.2 Å². The van der Waals surface area contributed by atoms with Crippen LogP contribution >= 0.6 is 34.9 Å². The van der Waals surface area contributed by atoms with Crippen LogP contribution in [0.25, 0.3) is 0 Å². The van der Waals surface area contributed by atoms with Gasteiger partial charge in [-0.1, -0.05) is 74.7 Å². The molecule has 2 rings (SSSR count). The molecule has 0 saturated carbocycles. The summed E-state index contributed by atoms with van der Waals surface area (Å²) in [5, 5.41) is 11.3. The fourth-order valence-electron chi connectivity index (χ4n) is 2.54. The zero-order chi connectivity index (χ0) is 20.0. The zero-order valence-electron chi connectivity index (χ0n) is 17.0. The van der Waals surface area contributed by atoms with Crippen LogP contribution < -0.4 is 5.32 Å². The Morgan fingerprint density at radius 1 is 1.11 bits per heavy atom. The second kappa shape index (κ2) is 9.94. The molecule has 0 bridgehead atoms. The van der Waals surface area contributed by atoms with Gasteiger partial charge in [0.1, 0.15) is 0 Å². The fourth-order valence-corrected chi connectivity index (χ4v) is 5.59. The lowest BCUT2D eigenvalue weighted by Crippen LogP contribution is -2.25. The molecule has 0 fully saturated rings. The molecule has 0 radical (unpaired) electrons. The molecule has 4 nitrogen and oxygen atoms in total. The maximum Gasteiger partial charge on any atom is 0.230 e. The highest BCUT2D eigenvalue weighted by atomic mass is 32.2. The van der Waals surface area contributed by atoms with Gasteiger partial charge in [-0.3, -0.25) is 4.79 Å².